The molecule has 120 valence electrons. The SMILES string of the molecule is CC(=O)Oc1cccc(NC(=O)Nc2c(C)cc(C)cc2C)c1. The Morgan fingerprint density at radius 3 is 2.22 bits per heavy atom. The van der Waals surface area contributed by atoms with Crippen LogP contribution in [0.3, 0.4) is 0 Å². The molecule has 0 fully saturated rings. The minimum atomic E-state index is -0.405. The number of rotatable bonds is 3. The van der Waals surface area contributed by atoms with Gasteiger partial charge >= 0.3 is 12.0 Å². The zero-order valence-electron chi connectivity index (χ0n) is 13.7. The number of ether oxygens (including phenoxy) is 1. The molecule has 0 spiro atoms. The molecule has 2 amide bonds. The molecule has 0 saturated carbocycles. The first-order valence-electron chi connectivity index (χ1n) is 7.29. The molecule has 5 nitrogen and oxygen atoms in total. The van der Waals surface area contributed by atoms with E-state index in [0.29, 0.717) is 11.4 Å². The third-order valence-electron chi connectivity index (χ3n) is 3.27. The smallest absolute Gasteiger partial charge is 0.323 e. The lowest BCUT2D eigenvalue weighted by Crippen LogP contribution is -2.20. The van der Waals surface area contributed by atoms with Crippen LogP contribution in [-0.2, 0) is 4.79 Å². The second-order valence-corrected chi connectivity index (χ2v) is 5.47. The summed E-state index contributed by atoms with van der Waals surface area (Å²) in [6.45, 7) is 7.26. The Morgan fingerprint density at radius 2 is 1.61 bits per heavy atom. The normalized spacial score (nSPS) is 10.1. The van der Waals surface area contributed by atoms with E-state index in [1.54, 1.807) is 24.3 Å². The standard InChI is InChI=1S/C18H20N2O3/c1-11-8-12(2)17(13(3)9-11)20-18(22)19-15-6-5-7-16(10-15)23-14(4)21/h5-10H,1-4H3,(H2,19,20,22). The molecule has 0 aliphatic carbocycles. The minimum absolute atomic E-state index is 0.347. The molecule has 0 aromatic heterocycles. The number of amides is 2. The average molecular weight is 312 g/mol. The van der Waals surface area contributed by atoms with E-state index in [4.69, 9.17) is 4.74 Å². The van der Waals surface area contributed by atoms with E-state index in [2.05, 4.69) is 10.6 Å². The Hall–Kier alpha value is -2.82. The fourth-order valence-corrected chi connectivity index (χ4v) is 2.46. The summed E-state index contributed by atoms with van der Waals surface area (Å²) in [7, 11) is 0. The van der Waals surface area contributed by atoms with E-state index in [1.807, 2.05) is 32.9 Å². The number of aryl methyl sites for hydroxylation is 3. The van der Waals surface area contributed by atoms with Gasteiger partial charge < -0.3 is 15.4 Å². The average Bonchev–Trinajstić information content (AvgIpc) is 2.42. The summed E-state index contributed by atoms with van der Waals surface area (Å²) in [5.41, 5.74) is 4.51. The van der Waals surface area contributed by atoms with Crippen LogP contribution in [0.15, 0.2) is 36.4 Å². The quantitative estimate of drug-likeness (QED) is 0.660. The van der Waals surface area contributed by atoms with E-state index in [1.165, 1.54) is 6.92 Å². The second-order valence-electron chi connectivity index (χ2n) is 5.47. The van der Waals surface area contributed by atoms with Gasteiger partial charge in [-0.15, -0.1) is 0 Å². The van der Waals surface area contributed by atoms with Crippen LogP contribution in [0.5, 0.6) is 5.75 Å². The first-order valence-corrected chi connectivity index (χ1v) is 7.29. The summed E-state index contributed by atoms with van der Waals surface area (Å²) < 4.78 is 5.00. The molecule has 5 heteroatoms. The Labute approximate surface area is 135 Å². The maximum Gasteiger partial charge on any atom is 0.323 e. The van der Waals surface area contributed by atoms with Crippen molar-refractivity contribution in [1.82, 2.24) is 0 Å². The first-order chi connectivity index (χ1) is 10.8. The molecule has 0 atom stereocenters. The Balaban J connectivity index is 2.10. The Morgan fingerprint density at radius 1 is 0.957 bits per heavy atom. The van der Waals surface area contributed by atoms with Gasteiger partial charge in [0.15, 0.2) is 0 Å². The van der Waals surface area contributed by atoms with Gasteiger partial charge in [-0.1, -0.05) is 23.8 Å². The van der Waals surface area contributed by atoms with Crippen molar-refractivity contribution >= 4 is 23.4 Å². The van der Waals surface area contributed by atoms with E-state index in [-0.39, 0.29) is 6.03 Å². The van der Waals surface area contributed by atoms with Crippen molar-refractivity contribution in [3.05, 3.63) is 53.1 Å². The fourth-order valence-electron chi connectivity index (χ4n) is 2.46. The molecular formula is C18H20N2O3. The highest BCUT2D eigenvalue weighted by Gasteiger charge is 2.09. The molecule has 0 unspecified atom stereocenters. The lowest BCUT2D eigenvalue weighted by Gasteiger charge is -2.14. The predicted octanol–water partition coefficient (Wildman–Crippen LogP) is 4.18. The van der Waals surface area contributed by atoms with Gasteiger partial charge in [-0.3, -0.25) is 4.79 Å². The van der Waals surface area contributed by atoms with E-state index in [9.17, 15) is 9.59 Å². The summed E-state index contributed by atoms with van der Waals surface area (Å²) in [6, 6.07) is 10.4. The van der Waals surface area contributed by atoms with Gasteiger partial charge in [0.2, 0.25) is 0 Å². The van der Waals surface area contributed by atoms with Crippen molar-refractivity contribution in [1.29, 1.82) is 0 Å². The van der Waals surface area contributed by atoms with Crippen molar-refractivity contribution in [2.45, 2.75) is 27.7 Å². The lowest BCUT2D eigenvalue weighted by atomic mass is 10.1. The topological polar surface area (TPSA) is 67.4 Å². The number of hydrogen-bond acceptors (Lipinski definition) is 3. The number of nitrogens with one attached hydrogen (secondary N) is 2. The highest BCUT2D eigenvalue weighted by molar-refractivity contribution is 6.00. The van der Waals surface area contributed by atoms with Crippen molar-refractivity contribution < 1.29 is 14.3 Å². The summed E-state index contributed by atoms with van der Waals surface area (Å²) >= 11 is 0. The Bertz CT molecular complexity index is 731. The lowest BCUT2D eigenvalue weighted by molar-refractivity contribution is -0.131. The van der Waals surface area contributed by atoms with Crippen LogP contribution in [0.1, 0.15) is 23.6 Å². The fraction of sp³-hybridized carbons (Fsp3) is 0.222. The third-order valence-corrected chi connectivity index (χ3v) is 3.27. The number of benzene rings is 2. The summed E-state index contributed by atoms with van der Waals surface area (Å²) in [4.78, 5) is 23.1. The highest BCUT2D eigenvalue weighted by Crippen LogP contribution is 2.23. The van der Waals surface area contributed by atoms with Crippen LogP contribution < -0.4 is 15.4 Å². The van der Waals surface area contributed by atoms with Gasteiger partial charge in [0.1, 0.15) is 5.75 Å². The maximum absolute atomic E-state index is 12.2. The molecule has 0 radical (unpaired) electrons. The van der Waals surface area contributed by atoms with Crippen LogP contribution in [0.2, 0.25) is 0 Å². The molecule has 0 aliphatic rings. The molecule has 2 rings (SSSR count). The van der Waals surface area contributed by atoms with Crippen LogP contribution >= 0.6 is 0 Å². The number of anilines is 2. The van der Waals surface area contributed by atoms with Crippen LogP contribution in [0.25, 0.3) is 0 Å². The molecule has 0 saturated heterocycles. The molecule has 0 bridgehead atoms. The van der Waals surface area contributed by atoms with E-state index >= 15 is 0 Å². The third kappa shape index (κ3) is 4.57. The first kappa shape index (κ1) is 16.5. The van der Waals surface area contributed by atoms with Crippen LogP contribution in [0.4, 0.5) is 16.2 Å². The van der Waals surface area contributed by atoms with Gasteiger partial charge in [0.25, 0.3) is 0 Å². The number of hydrogen-bond donors (Lipinski definition) is 2. The molecule has 2 N–H and O–H groups in total. The maximum atomic E-state index is 12.2. The number of carbonyl (C=O) groups excluding carboxylic acids is 2. The van der Waals surface area contributed by atoms with E-state index in [0.717, 1.165) is 22.4 Å². The number of esters is 1. The van der Waals surface area contributed by atoms with Gasteiger partial charge in [-0.05, 0) is 44.0 Å². The van der Waals surface area contributed by atoms with Gasteiger partial charge in [-0.2, -0.15) is 0 Å². The van der Waals surface area contributed by atoms with Crippen LogP contribution in [0, 0.1) is 20.8 Å². The zero-order chi connectivity index (χ0) is 17.0. The van der Waals surface area contributed by atoms with Crippen molar-refractivity contribution in [2.24, 2.45) is 0 Å². The number of urea groups is 1. The molecular weight excluding hydrogens is 292 g/mol. The van der Waals surface area contributed by atoms with Crippen LogP contribution in [-0.4, -0.2) is 12.0 Å². The summed E-state index contributed by atoms with van der Waals surface area (Å²) in [6.07, 6.45) is 0. The number of carbonyl (C=O) groups is 2. The van der Waals surface area contributed by atoms with Crippen molar-refractivity contribution in [3.8, 4) is 5.75 Å². The van der Waals surface area contributed by atoms with Gasteiger partial charge in [0, 0.05) is 24.4 Å². The molecule has 0 heterocycles. The molecule has 2 aromatic rings. The second kappa shape index (κ2) is 6.96. The van der Waals surface area contributed by atoms with Crippen molar-refractivity contribution in [2.75, 3.05) is 10.6 Å². The monoisotopic (exact) mass is 312 g/mol. The largest absolute Gasteiger partial charge is 0.427 e. The predicted molar refractivity (Wildman–Crippen MR) is 91.0 cm³/mol. The summed E-state index contributed by atoms with van der Waals surface area (Å²) in [5, 5.41) is 5.59. The van der Waals surface area contributed by atoms with Crippen molar-refractivity contribution in [3.63, 3.8) is 0 Å². The summed E-state index contributed by atoms with van der Waals surface area (Å²) in [5.74, 6) is -0.0181. The molecule has 23 heavy (non-hydrogen) atoms. The highest BCUT2D eigenvalue weighted by atomic mass is 16.5. The zero-order valence-corrected chi connectivity index (χ0v) is 13.7. The van der Waals surface area contributed by atoms with E-state index < -0.39 is 5.97 Å². The molecule has 2 aromatic carbocycles. The Kier molecular flexibility index (Phi) is 5.01. The minimum Gasteiger partial charge on any atom is -0.427 e. The van der Waals surface area contributed by atoms with Gasteiger partial charge in [0.05, 0.1) is 0 Å². The molecule has 0 aliphatic heterocycles. The van der Waals surface area contributed by atoms with Gasteiger partial charge in [-0.25, -0.2) is 4.79 Å².